The summed E-state index contributed by atoms with van der Waals surface area (Å²) in [5.74, 6) is 0.567. The van der Waals surface area contributed by atoms with Crippen molar-refractivity contribution < 1.29 is 5.21 Å². The number of amidine groups is 1. The Kier molecular flexibility index (Phi) is 4.11. The first-order chi connectivity index (χ1) is 8.23. The van der Waals surface area contributed by atoms with Crippen molar-refractivity contribution in [2.75, 3.05) is 18.5 Å². The number of anilines is 1. The van der Waals surface area contributed by atoms with Crippen LogP contribution in [0, 0.1) is 12.3 Å². The van der Waals surface area contributed by atoms with E-state index in [1.807, 2.05) is 18.9 Å². The molecule has 6 nitrogen and oxygen atoms in total. The molecule has 1 aromatic rings. The third-order valence-corrected chi connectivity index (χ3v) is 2.27. The summed E-state index contributed by atoms with van der Waals surface area (Å²) in [5, 5.41) is 11.6. The molecule has 18 heavy (non-hydrogen) atoms. The average molecular weight is 251 g/mol. The van der Waals surface area contributed by atoms with Gasteiger partial charge in [0.2, 0.25) is 5.95 Å². The Hall–Kier alpha value is -1.85. The maximum atomic E-state index is 8.68. The molecule has 0 radical (unpaired) electrons. The van der Waals surface area contributed by atoms with E-state index in [4.69, 9.17) is 10.9 Å². The lowest BCUT2D eigenvalue weighted by Gasteiger charge is -2.26. The zero-order valence-corrected chi connectivity index (χ0v) is 11.6. The lowest BCUT2D eigenvalue weighted by atomic mass is 9.96. The first-order valence-electron chi connectivity index (χ1n) is 5.77. The Morgan fingerprint density at radius 3 is 2.56 bits per heavy atom. The van der Waals surface area contributed by atoms with Gasteiger partial charge in [0.25, 0.3) is 0 Å². The van der Waals surface area contributed by atoms with Crippen molar-refractivity contribution in [3.63, 3.8) is 0 Å². The molecule has 1 aromatic heterocycles. The lowest BCUT2D eigenvalue weighted by molar-refractivity contribution is 0.318. The second kappa shape index (κ2) is 5.20. The van der Waals surface area contributed by atoms with Crippen LogP contribution in [0.2, 0.25) is 0 Å². The summed E-state index contributed by atoms with van der Waals surface area (Å²) in [5.41, 5.74) is 6.90. The third kappa shape index (κ3) is 3.87. The number of nitrogens with zero attached hydrogens (tertiary/aromatic N) is 4. The third-order valence-electron chi connectivity index (χ3n) is 2.27. The molecule has 0 spiro atoms. The predicted molar refractivity (Wildman–Crippen MR) is 72.0 cm³/mol. The van der Waals surface area contributed by atoms with E-state index in [0.717, 1.165) is 12.2 Å². The highest BCUT2D eigenvalue weighted by Gasteiger charge is 2.17. The quantitative estimate of drug-likeness (QED) is 0.366. The Morgan fingerprint density at radius 2 is 2.06 bits per heavy atom. The van der Waals surface area contributed by atoms with E-state index < -0.39 is 0 Å². The number of oxime groups is 1. The Labute approximate surface area is 108 Å². The fourth-order valence-corrected chi connectivity index (χ4v) is 1.69. The van der Waals surface area contributed by atoms with Gasteiger partial charge < -0.3 is 15.8 Å². The molecule has 1 rings (SSSR count). The molecule has 0 saturated carbocycles. The number of hydrogen-bond donors (Lipinski definition) is 2. The predicted octanol–water partition coefficient (Wildman–Crippen LogP) is 1.36. The summed E-state index contributed by atoms with van der Waals surface area (Å²) < 4.78 is 0. The smallest absolute Gasteiger partial charge is 0.225 e. The van der Waals surface area contributed by atoms with Crippen LogP contribution in [0.5, 0.6) is 0 Å². The summed E-state index contributed by atoms with van der Waals surface area (Å²) in [4.78, 5) is 10.6. The van der Waals surface area contributed by atoms with Crippen LogP contribution in [-0.4, -0.2) is 34.6 Å². The van der Waals surface area contributed by atoms with Crippen LogP contribution in [0.1, 0.15) is 32.2 Å². The fourth-order valence-electron chi connectivity index (χ4n) is 1.69. The van der Waals surface area contributed by atoms with Gasteiger partial charge in [-0.1, -0.05) is 25.9 Å². The van der Waals surface area contributed by atoms with E-state index in [1.165, 1.54) is 0 Å². The van der Waals surface area contributed by atoms with E-state index in [9.17, 15) is 0 Å². The van der Waals surface area contributed by atoms with Crippen molar-refractivity contribution in [2.24, 2.45) is 16.3 Å². The second-order valence-corrected chi connectivity index (χ2v) is 5.60. The zero-order valence-electron chi connectivity index (χ0n) is 11.6. The molecule has 0 amide bonds. The SMILES string of the molecule is Cc1cc(/C(N)=N/O)nc(N(C)CC(C)(C)C)n1. The standard InChI is InChI=1S/C12H21N5O/c1-8-6-9(10(13)16-18)15-11(14-8)17(5)7-12(2,3)4/h6,18H,7H2,1-5H3,(H2,13,16). The molecule has 1 heterocycles. The van der Waals surface area contributed by atoms with Crippen molar-refractivity contribution in [3.8, 4) is 0 Å². The van der Waals surface area contributed by atoms with Crippen molar-refractivity contribution in [1.82, 2.24) is 9.97 Å². The first-order valence-corrected chi connectivity index (χ1v) is 5.77. The van der Waals surface area contributed by atoms with Gasteiger partial charge in [0.05, 0.1) is 0 Å². The van der Waals surface area contributed by atoms with Crippen molar-refractivity contribution >= 4 is 11.8 Å². The summed E-state index contributed by atoms with van der Waals surface area (Å²) in [7, 11) is 1.93. The zero-order chi connectivity index (χ0) is 13.9. The second-order valence-electron chi connectivity index (χ2n) is 5.60. The maximum Gasteiger partial charge on any atom is 0.225 e. The number of nitrogens with two attached hydrogens (primary N) is 1. The van der Waals surface area contributed by atoms with Gasteiger partial charge in [-0.25, -0.2) is 9.97 Å². The molecule has 0 saturated heterocycles. The average Bonchev–Trinajstić information content (AvgIpc) is 2.24. The summed E-state index contributed by atoms with van der Waals surface area (Å²) >= 11 is 0. The molecule has 0 aromatic carbocycles. The van der Waals surface area contributed by atoms with Crippen molar-refractivity contribution in [3.05, 3.63) is 17.5 Å². The van der Waals surface area contributed by atoms with Gasteiger partial charge in [-0.2, -0.15) is 0 Å². The molecule has 0 bridgehead atoms. The van der Waals surface area contributed by atoms with Crippen LogP contribution in [0.25, 0.3) is 0 Å². The molecule has 0 aliphatic heterocycles. The van der Waals surface area contributed by atoms with Crippen molar-refractivity contribution in [1.29, 1.82) is 0 Å². The van der Waals surface area contributed by atoms with Crippen LogP contribution in [0.15, 0.2) is 11.2 Å². The van der Waals surface area contributed by atoms with E-state index in [1.54, 1.807) is 6.07 Å². The monoisotopic (exact) mass is 251 g/mol. The van der Waals surface area contributed by atoms with Gasteiger partial charge in [-0.15, -0.1) is 0 Å². The minimum Gasteiger partial charge on any atom is -0.409 e. The molecule has 100 valence electrons. The van der Waals surface area contributed by atoms with Crippen LogP contribution in [0.4, 0.5) is 5.95 Å². The Balaban J connectivity index is 3.06. The van der Waals surface area contributed by atoms with E-state index in [2.05, 4.69) is 35.9 Å². The van der Waals surface area contributed by atoms with Crippen molar-refractivity contribution in [2.45, 2.75) is 27.7 Å². The Morgan fingerprint density at radius 1 is 1.44 bits per heavy atom. The first kappa shape index (κ1) is 14.2. The summed E-state index contributed by atoms with van der Waals surface area (Å²) in [6.07, 6.45) is 0. The van der Waals surface area contributed by atoms with Crippen LogP contribution < -0.4 is 10.6 Å². The molecule has 0 fully saturated rings. The van der Waals surface area contributed by atoms with Gasteiger partial charge in [0.15, 0.2) is 5.84 Å². The summed E-state index contributed by atoms with van der Waals surface area (Å²) in [6, 6.07) is 1.68. The molecule has 0 aliphatic rings. The van der Waals surface area contributed by atoms with Gasteiger partial charge in [0, 0.05) is 19.3 Å². The van der Waals surface area contributed by atoms with Gasteiger partial charge in [-0.3, -0.25) is 0 Å². The highest BCUT2D eigenvalue weighted by molar-refractivity contribution is 5.95. The largest absolute Gasteiger partial charge is 0.409 e. The molecule has 3 N–H and O–H groups in total. The van der Waals surface area contributed by atoms with Crippen LogP contribution >= 0.6 is 0 Å². The molecule has 0 atom stereocenters. The normalized spacial score (nSPS) is 12.6. The number of aromatic nitrogens is 2. The minimum absolute atomic E-state index is 0.00842. The fraction of sp³-hybridized carbons (Fsp3) is 0.583. The lowest BCUT2D eigenvalue weighted by Crippen LogP contribution is -2.31. The number of aryl methyl sites for hydroxylation is 1. The molecular weight excluding hydrogens is 230 g/mol. The Bertz CT molecular complexity index is 450. The molecule has 0 aliphatic carbocycles. The number of rotatable bonds is 3. The van der Waals surface area contributed by atoms with E-state index >= 15 is 0 Å². The minimum atomic E-state index is -0.00842. The van der Waals surface area contributed by atoms with E-state index in [0.29, 0.717) is 11.6 Å². The maximum absolute atomic E-state index is 8.68. The van der Waals surface area contributed by atoms with Crippen LogP contribution in [-0.2, 0) is 0 Å². The topological polar surface area (TPSA) is 87.6 Å². The summed E-state index contributed by atoms with van der Waals surface area (Å²) in [6.45, 7) is 9.09. The van der Waals surface area contributed by atoms with Crippen LogP contribution in [0.3, 0.4) is 0 Å². The highest BCUT2D eigenvalue weighted by atomic mass is 16.4. The van der Waals surface area contributed by atoms with Gasteiger partial charge in [0.1, 0.15) is 5.69 Å². The number of hydrogen-bond acceptors (Lipinski definition) is 5. The van der Waals surface area contributed by atoms with Gasteiger partial charge in [-0.05, 0) is 18.4 Å². The molecular formula is C12H21N5O. The van der Waals surface area contributed by atoms with E-state index in [-0.39, 0.29) is 11.3 Å². The highest BCUT2D eigenvalue weighted by Crippen LogP contribution is 2.18. The molecule has 0 unspecified atom stereocenters. The van der Waals surface area contributed by atoms with Gasteiger partial charge >= 0.3 is 0 Å². The molecule has 6 heteroatoms.